The zero-order chi connectivity index (χ0) is 34.3. The van der Waals surface area contributed by atoms with E-state index in [-0.39, 0.29) is 90.1 Å². The molecule has 3 atom stereocenters. The molecule has 3 rings (SSSR count). The van der Waals surface area contributed by atoms with E-state index in [9.17, 15) is 14.4 Å². The van der Waals surface area contributed by atoms with Crippen LogP contribution in [-0.4, -0.2) is 83.7 Å². The number of hydrogen-bond acceptors (Lipinski definition) is 10. The molecule has 10 nitrogen and oxygen atoms in total. The monoisotopic (exact) mass is 637 g/mol. The van der Waals surface area contributed by atoms with E-state index >= 15 is 0 Å². The van der Waals surface area contributed by atoms with Crippen molar-refractivity contribution in [3.05, 3.63) is 0 Å². The molecule has 3 fully saturated rings. The fourth-order valence-electron chi connectivity index (χ4n) is 8.42. The molecule has 3 N–H and O–H groups in total. The number of nitrogens with one attached hydrogen (secondary N) is 3. The molecule has 3 aliphatic heterocycles. The lowest BCUT2D eigenvalue weighted by Crippen LogP contribution is -2.46. The quantitative estimate of drug-likeness (QED) is 0.194. The van der Waals surface area contributed by atoms with Gasteiger partial charge in [-0.05, 0) is 102 Å². The summed E-state index contributed by atoms with van der Waals surface area (Å²) in [5.41, 5.74) is -2.27. The fraction of sp³-hybridized carbons (Fsp3) is 0.914. The van der Waals surface area contributed by atoms with E-state index in [2.05, 4.69) is 99.0 Å². The minimum Gasteiger partial charge on any atom is -0.465 e. The summed E-state index contributed by atoms with van der Waals surface area (Å²) < 4.78 is 23.2. The Morgan fingerprint density at radius 3 is 0.956 bits per heavy atom. The molecule has 0 amide bonds. The second kappa shape index (κ2) is 13.0. The highest BCUT2D eigenvalue weighted by molar-refractivity contribution is 5.79. The SMILES string of the molecule is COC(CC(=O)OCC1CC(C)(C)NC1(C)C)(CC(=O)OCC1CC(C)(C)NC1(C)C)CC(=O)OCC1CC(C)(C)NC1(C)C. The van der Waals surface area contributed by atoms with Crippen LogP contribution in [-0.2, 0) is 33.3 Å². The van der Waals surface area contributed by atoms with Crippen molar-refractivity contribution in [1.29, 1.82) is 0 Å². The van der Waals surface area contributed by atoms with Crippen LogP contribution in [0.2, 0.25) is 0 Å². The molecule has 0 aromatic carbocycles. The first-order valence-corrected chi connectivity index (χ1v) is 16.7. The predicted molar refractivity (Wildman–Crippen MR) is 175 cm³/mol. The Morgan fingerprint density at radius 1 is 0.533 bits per heavy atom. The third kappa shape index (κ3) is 10.1. The summed E-state index contributed by atoms with van der Waals surface area (Å²) in [4.78, 5) is 39.9. The molecule has 0 radical (unpaired) electrons. The fourth-order valence-corrected chi connectivity index (χ4v) is 8.42. The van der Waals surface area contributed by atoms with Crippen LogP contribution >= 0.6 is 0 Å². The Kier molecular flexibility index (Phi) is 10.9. The summed E-state index contributed by atoms with van der Waals surface area (Å²) in [6.45, 7) is 26.2. The Balaban J connectivity index is 1.69. The third-order valence-corrected chi connectivity index (χ3v) is 10.5. The Morgan fingerprint density at radius 2 is 0.778 bits per heavy atom. The van der Waals surface area contributed by atoms with Crippen LogP contribution in [0, 0.1) is 17.8 Å². The molecule has 0 aliphatic carbocycles. The van der Waals surface area contributed by atoms with Crippen LogP contribution in [0.15, 0.2) is 0 Å². The van der Waals surface area contributed by atoms with Crippen molar-refractivity contribution < 1.29 is 33.3 Å². The molecule has 0 spiro atoms. The van der Waals surface area contributed by atoms with Gasteiger partial charge in [-0.3, -0.25) is 14.4 Å². The molecule has 10 heteroatoms. The second-order valence-electron chi connectivity index (χ2n) is 17.9. The molecule has 3 unspecified atom stereocenters. The van der Waals surface area contributed by atoms with Gasteiger partial charge in [-0.2, -0.15) is 0 Å². The van der Waals surface area contributed by atoms with Gasteiger partial charge in [0.1, 0.15) is 0 Å². The van der Waals surface area contributed by atoms with Gasteiger partial charge in [0.15, 0.2) is 0 Å². The molecule has 3 saturated heterocycles. The maximum absolute atomic E-state index is 13.3. The second-order valence-corrected chi connectivity index (χ2v) is 17.9. The van der Waals surface area contributed by atoms with Crippen molar-refractivity contribution in [2.75, 3.05) is 26.9 Å². The van der Waals surface area contributed by atoms with E-state index in [4.69, 9.17) is 18.9 Å². The molecular formula is C35H63N3O7. The molecule has 260 valence electrons. The van der Waals surface area contributed by atoms with Crippen molar-refractivity contribution in [2.24, 2.45) is 17.8 Å². The van der Waals surface area contributed by atoms with E-state index < -0.39 is 23.5 Å². The van der Waals surface area contributed by atoms with Gasteiger partial charge in [-0.15, -0.1) is 0 Å². The van der Waals surface area contributed by atoms with E-state index in [0.29, 0.717) is 0 Å². The Hall–Kier alpha value is -1.75. The largest absolute Gasteiger partial charge is 0.465 e. The summed E-state index contributed by atoms with van der Waals surface area (Å²) in [6, 6.07) is 0. The highest BCUT2D eigenvalue weighted by atomic mass is 16.6. The van der Waals surface area contributed by atoms with Crippen LogP contribution in [0.3, 0.4) is 0 Å². The van der Waals surface area contributed by atoms with Crippen molar-refractivity contribution in [2.45, 2.75) is 160 Å². The lowest BCUT2D eigenvalue weighted by molar-refractivity contribution is -0.166. The maximum Gasteiger partial charge on any atom is 0.308 e. The molecule has 3 heterocycles. The van der Waals surface area contributed by atoms with Gasteiger partial charge in [0.05, 0.1) is 44.7 Å². The predicted octanol–water partition coefficient (Wildman–Crippen LogP) is 4.67. The zero-order valence-corrected chi connectivity index (χ0v) is 30.5. The molecule has 45 heavy (non-hydrogen) atoms. The van der Waals surface area contributed by atoms with Crippen LogP contribution in [0.25, 0.3) is 0 Å². The van der Waals surface area contributed by atoms with Gasteiger partial charge in [0.25, 0.3) is 0 Å². The van der Waals surface area contributed by atoms with Crippen molar-refractivity contribution in [1.82, 2.24) is 16.0 Å². The number of methoxy groups -OCH3 is 1. The average molecular weight is 638 g/mol. The normalized spacial score (nSPS) is 29.9. The lowest BCUT2D eigenvalue weighted by Gasteiger charge is -2.32. The van der Waals surface area contributed by atoms with E-state index in [1.54, 1.807) is 0 Å². The topological polar surface area (TPSA) is 124 Å². The summed E-state index contributed by atoms with van der Waals surface area (Å²) >= 11 is 0. The van der Waals surface area contributed by atoms with Crippen molar-refractivity contribution >= 4 is 17.9 Å². The highest BCUT2D eigenvalue weighted by Gasteiger charge is 2.48. The summed E-state index contributed by atoms with van der Waals surface area (Å²) in [6.07, 6.45) is 1.75. The third-order valence-electron chi connectivity index (χ3n) is 10.5. The van der Waals surface area contributed by atoms with Gasteiger partial charge in [-0.1, -0.05) is 0 Å². The standard InChI is InChI=1S/C35H63N3O7/c1-29(2)14-23(32(7,8)36-29)20-43-26(39)17-35(42-13,18-27(40)44-21-24-15-30(3,4)37-33(24,9)10)19-28(41)45-22-25-16-31(5,6)38-34(25,11)12/h23-25,36-38H,14-22H2,1-13H3. The van der Waals surface area contributed by atoms with Crippen LogP contribution in [0.4, 0.5) is 0 Å². The summed E-state index contributed by atoms with van der Waals surface area (Å²) in [7, 11) is 1.42. The van der Waals surface area contributed by atoms with Crippen LogP contribution in [0.5, 0.6) is 0 Å². The summed E-state index contributed by atoms with van der Waals surface area (Å²) in [5, 5.41) is 10.8. The lowest BCUT2D eigenvalue weighted by atomic mass is 9.87. The number of esters is 3. The molecule has 0 bridgehead atoms. The molecular weight excluding hydrogens is 574 g/mol. The average Bonchev–Trinajstić information content (AvgIpc) is 3.30. The number of rotatable bonds is 13. The number of carbonyl (C=O) groups is 3. The molecule has 3 aliphatic rings. The first-order valence-electron chi connectivity index (χ1n) is 16.7. The van der Waals surface area contributed by atoms with Crippen LogP contribution < -0.4 is 16.0 Å². The van der Waals surface area contributed by atoms with Crippen LogP contribution in [0.1, 0.15) is 122 Å². The van der Waals surface area contributed by atoms with Gasteiger partial charge >= 0.3 is 17.9 Å². The van der Waals surface area contributed by atoms with E-state index in [1.165, 1.54) is 7.11 Å². The molecule has 0 saturated carbocycles. The van der Waals surface area contributed by atoms with Crippen molar-refractivity contribution in [3.63, 3.8) is 0 Å². The number of hydrogen-bond donors (Lipinski definition) is 3. The van der Waals surface area contributed by atoms with Gasteiger partial charge in [0.2, 0.25) is 0 Å². The van der Waals surface area contributed by atoms with Crippen molar-refractivity contribution in [3.8, 4) is 0 Å². The van der Waals surface area contributed by atoms with E-state index in [1.807, 2.05) is 0 Å². The highest BCUT2D eigenvalue weighted by Crippen LogP contribution is 2.39. The molecule has 0 aromatic heterocycles. The summed E-state index contributed by atoms with van der Waals surface area (Å²) in [5.74, 6) is -1.23. The first-order chi connectivity index (χ1) is 20.3. The van der Waals surface area contributed by atoms with Gasteiger partial charge in [0, 0.05) is 58.1 Å². The minimum absolute atomic E-state index is 0.0678. The smallest absolute Gasteiger partial charge is 0.308 e. The van der Waals surface area contributed by atoms with E-state index in [0.717, 1.165) is 19.3 Å². The number of ether oxygens (including phenoxy) is 4. The Labute approximate surface area is 272 Å². The Bertz CT molecular complexity index is 964. The minimum atomic E-state index is -1.46. The maximum atomic E-state index is 13.3. The zero-order valence-electron chi connectivity index (χ0n) is 30.5. The van der Waals surface area contributed by atoms with Gasteiger partial charge in [-0.25, -0.2) is 0 Å². The number of carbonyl (C=O) groups excluding carboxylic acids is 3. The first kappa shape index (κ1) is 37.7. The molecule has 0 aromatic rings. The van der Waals surface area contributed by atoms with Gasteiger partial charge < -0.3 is 34.9 Å².